The van der Waals surface area contributed by atoms with Crippen LogP contribution in [-0.4, -0.2) is 62.7 Å². The normalized spacial score (nSPS) is 16.2. The minimum absolute atomic E-state index is 0. The van der Waals surface area contributed by atoms with Crippen molar-refractivity contribution in [3.8, 4) is 0 Å². The lowest BCUT2D eigenvalue weighted by Gasteiger charge is -2.27. The number of ether oxygens (including phenoxy) is 1. The lowest BCUT2D eigenvalue weighted by atomic mass is 10.1. The Kier molecular flexibility index (Phi) is 9.95. The predicted molar refractivity (Wildman–Crippen MR) is 143 cm³/mol. The van der Waals surface area contributed by atoms with Crippen LogP contribution in [0.25, 0.3) is 0 Å². The van der Waals surface area contributed by atoms with Crippen molar-refractivity contribution in [1.29, 1.82) is 0 Å². The van der Waals surface area contributed by atoms with E-state index in [0.717, 1.165) is 58.0 Å². The Morgan fingerprint density at radius 3 is 2.52 bits per heavy atom. The number of hydrogen-bond donors (Lipinski definition) is 2. The summed E-state index contributed by atoms with van der Waals surface area (Å²) in [7, 11) is 0. The third kappa shape index (κ3) is 6.91. The van der Waals surface area contributed by atoms with Gasteiger partial charge in [0, 0.05) is 38.4 Å². The molecule has 0 saturated carbocycles. The number of carbonyl (C=O) groups excluding carboxylic acids is 1. The number of anilines is 1. The molecular formula is C25H34IN5O2. The summed E-state index contributed by atoms with van der Waals surface area (Å²) in [6, 6.07) is 16.6. The number of morpholine rings is 1. The van der Waals surface area contributed by atoms with Gasteiger partial charge in [0.2, 0.25) is 5.91 Å². The standard InChI is InChI=1S/C25H33N5O2.HI/c1-2-26-25(28-18-24(31)30-12-11-20-7-5-6-10-23(20)30)27-17-21-8-3-4-9-22(21)19-29-13-15-32-16-14-29;/h3-10H,2,11-19H2,1H3,(H2,26,27,28);1H. The molecule has 1 fully saturated rings. The maximum Gasteiger partial charge on any atom is 0.246 e. The molecule has 2 heterocycles. The van der Waals surface area contributed by atoms with Crippen LogP contribution < -0.4 is 15.5 Å². The molecule has 2 aliphatic heterocycles. The first-order valence-electron chi connectivity index (χ1n) is 11.5. The highest BCUT2D eigenvalue weighted by Gasteiger charge is 2.23. The van der Waals surface area contributed by atoms with Crippen LogP contribution >= 0.6 is 24.0 Å². The van der Waals surface area contributed by atoms with Crippen molar-refractivity contribution in [2.75, 3.05) is 50.8 Å². The molecule has 2 N–H and O–H groups in total. The minimum Gasteiger partial charge on any atom is -0.379 e. The lowest BCUT2D eigenvalue weighted by Crippen LogP contribution is -2.44. The summed E-state index contributed by atoms with van der Waals surface area (Å²) >= 11 is 0. The van der Waals surface area contributed by atoms with Crippen LogP contribution in [0, 0.1) is 0 Å². The maximum atomic E-state index is 12.8. The molecule has 0 atom stereocenters. The van der Waals surface area contributed by atoms with E-state index >= 15 is 0 Å². The molecule has 0 unspecified atom stereocenters. The van der Waals surface area contributed by atoms with Gasteiger partial charge in [-0.15, -0.1) is 24.0 Å². The minimum atomic E-state index is 0. The Bertz CT molecular complexity index is 946. The first-order valence-corrected chi connectivity index (χ1v) is 11.5. The zero-order valence-electron chi connectivity index (χ0n) is 19.3. The van der Waals surface area contributed by atoms with Crippen LogP contribution in [0.2, 0.25) is 0 Å². The number of para-hydroxylation sites is 1. The van der Waals surface area contributed by atoms with Gasteiger partial charge in [-0.2, -0.15) is 0 Å². The molecule has 7 nitrogen and oxygen atoms in total. The number of benzene rings is 2. The fourth-order valence-corrected chi connectivity index (χ4v) is 4.22. The molecule has 0 aliphatic carbocycles. The van der Waals surface area contributed by atoms with E-state index in [9.17, 15) is 4.79 Å². The smallest absolute Gasteiger partial charge is 0.246 e. The Balaban J connectivity index is 0.00000306. The van der Waals surface area contributed by atoms with Crippen LogP contribution in [0.1, 0.15) is 23.6 Å². The van der Waals surface area contributed by atoms with E-state index in [1.165, 1.54) is 16.7 Å². The summed E-state index contributed by atoms with van der Waals surface area (Å²) in [6.07, 6.45) is 0.913. The number of fused-ring (bicyclic) bond motifs is 1. The van der Waals surface area contributed by atoms with Gasteiger partial charge >= 0.3 is 0 Å². The van der Waals surface area contributed by atoms with E-state index in [2.05, 4.69) is 45.9 Å². The van der Waals surface area contributed by atoms with E-state index in [-0.39, 0.29) is 36.4 Å². The second-order valence-electron chi connectivity index (χ2n) is 8.13. The zero-order valence-corrected chi connectivity index (χ0v) is 21.6. The van der Waals surface area contributed by atoms with Gasteiger partial charge in [-0.25, -0.2) is 4.99 Å². The van der Waals surface area contributed by atoms with Gasteiger partial charge in [0.25, 0.3) is 0 Å². The van der Waals surface area contributed by atoms with E-state index in [0.29, 0.717) is 12.5 Å². The third-order valence-corrected chi connectivity index (χ3v) is 5.96. The lowest BCUT2D eigenvalue weighted by molar-refractivity contribution is -0.117. The van der Waals surface area contributed by atoms with E-state index < -0.39 is 0 Å². The number of amides is 1. The van der Waals surface area contributed by atoms with Crippen molar-refractivity contribution in [3.05, 3.63) is 65.2 Å². The first kappa shape index (κ1) is 25.5. The van der Waals surface area contributed by atoms with Gasteiger partial charge in [0.15, 0.2) is 5.96 Å². The van der Waals surface area contributed by atoms with E-state index in [1.54, 1.807) is 0 Å². The second kappa shape index (κ2) is 12.9. The van der Waals surface area contributed by atoms with Crippen LogP contribution in [0.15, 0.2) is 53.5 Å². The van der Waals surface area contributed by atoms with Gasteiger partial charge in [-0.1, -0.05) is 42.5 Å². The van der Waals surface area contributed by atoms with Crippen molar-refractivity contribution < 1.29 is 9.53 Å². The van der Waals surface area contributed by atoms with Crippen LogP contribution in [0.3, 0.4) is 0 Å². The third-order valence-electron chi connectivity index (χ3n) is 5.96. The highest BCUT2D eigenvalue weighted by atomic mass is 127. The number of aliphatic imine (C=N–C) groups is 1. The molecule has 2 aromatic carbocycles. The summed E-state index contributed by atoms with van der Waals surface area (Å²) < 4.78 is 5.47. The first-order chi connectivity index (χ1) is 15.7. The quantitative estimate of drug-likeness (QED) is 0.308. The zero-order chi connectivity index (χ0) is 22.2. The Labute approximate surface area is 213 Å². The highest BCUT2D eigenvalue weighted by molar-refractivity contribution is 14.0. The van der Waals surface area contributed by atoms with Gasteiger partial charge in [-0.05, 0) is 36.1 Å². The SMILES string of the molecule is CCNC(=NCc1ccccc1CN1CCOCC1)NCC(=O)N1CCc2ccccc21.I. The van der Waals surface area contributed by atoms with Crippen LogP contribution in [-0.2, 0) is 29.0 Å². The summed E-state index contributed by atoms with van der Waals surface area (Å²) in [4.78, 5) is 21.9. The average Bonchev–Trinajstić information content (AvgIpc) is 3.26. The van der Waals surface area contributed by atoms with Crippen molar-refractivity contribution >= 4 is 41.5 Å². The fourth-order valence-electron chi connectivity index (χ4n) is 4.22. The van der Waals surface area contributed by atoms with Crippen molar-refractivity contribution in [1.82, 2.24) is 15.5 Å². The molecule has 2 aliphatic rings. The molecule has 4 rings (SSSR count). The summed E-state index contributed by atoms with van der Waals surface area (Å²) in [5.74, 6) is 0.725. The molecule has 1 saturated heterocycles. The molecule has 8 heteroatoms. The summed E-state index contributed by atoms with van der Waals surface area (Å²) in [6.45, 7) is 8.71. The van der Waals surface area contributed by atoms with E-state index in [1.807, 2.05) is 30.0 Å². The fraction of sp³-hybridized carbons (Fsp3) is 0.440. The molecule has 2 aromatic rings. The number of carbonyl (C=O) groups is 1. The molecule has 178 valence electrons. The summed E-state index contributed by atoms with van der Waals surface area (Å²) in [5.41, 5.74) is 4.76. The number of nitrogens with one attached hydrogen (secondary N) is 2. The van der Waals surface area contributed by atoms with Gasteiger partial charge in [0.05, 0.1) is 26.3 Å². The Morgan fingerprint density at radius 2 is 1.73 bits per heavy atom. The molecule has 0 spiro atoms. The van der Waals surface area contributed by atoms with Gasteiger partial charge in [-0.3, -0.25) is 9.69 Å². The van der Waals surface area contributed by atoms with Gasteiger partial charge in [0.1, 0.15) is 0 Å². The molecular weight excluding hydrogens is 529 g/mol. The molecule has 0 bridgehead atoms. The van der Waals surface area contributed by atoms with Crippen molar-refractivity contribution in [3.63, 3.8) is 0 Å². The molecule has 0 aromatic heterocycles. The highest BCUT2D eigenvalue weighted by Crippen LogP contribution is 2.27. The largest absolute Gasteiger partial charge is 0.379 e. The number of nitrogens with zero attached hydrogens (tertiary/aromatic N) is 3. The van der Waals surface area contributed by atoms with Crippen LogP contribution in [0.4, 0.5) is 5.69 Å². The molecule has 1 amide bonds. The summed E-state index contributed by atoms with van der Waals surface area (Å²) in [5, 5.41) is 6.48. The van der Waals surface area contributed by atoms with Gasteiger partial charge < -0.3 is 20.3 Å². The van der Waals surface area contributed by atoms with Crippen molar-refractivity contribution in [2.45, 2.75) is 26.4 Å². The Morgan fingerprint density at radius 1 is 1.00 bits per heavy atom. The monoisotopic (exact) mass is 563 g/mol. The number of halogens is 1. The maximum absolute atomic E-state index is 12.8. The Hall–Kier alpha value is -2.17. The van der Waals surface area contributed by atoms with Crippen molar-refractivity contribution in [2.24, 2.45) is 4.99 Å². The number of rotatable bonds is 7. The molecule has 0 radical (unpaired) electrons. The second-order valence-corrected chi connectivity index (χ2v) is 8.13. The predicted octanol–water partition coefficient (Wildman–Crippen LogP) is 2.78. The topological polar surface area (TPSA) is 69.2 Å². The van der Waals surface area contributed by atoms with E-state index in [4.69, 9.17) is 9.73 Å². The number of guanidine groups is 1. The number of hydrogen-bond acceptors (Lipinski definition) is 4. The average molecular weight is 563 g/mol. The molecule has 33 heavy (non-hydrogen) atoms. The van der Waals surface area contributed by atoms with Crippen LogP contribution in [0.5, 0.6) is 0 Å².